The lowest BCUT2D eigenvalue weighted by Crippen LogP contribution is -2.14. The molecular weight excluding hydrogens is 1680 g/mol. The van der Waals surface area contributed by atoms with Crippen LogP contribution in [0.5, 0.6) is 17.2 Å². The Morgan fingerprint density at radius 2 is 0.697 bits per heavy atom. The number of carbonyl (C=O) groups is 6. The number of phosphoric acid groups is 2. The summed E-state index contributed by atoms with van der Waals surface area (Å²) in [5, 5.41) is 10.7. The first-order valence-corrected chi connectivity index (χ1v) is 44.6. The molecule has 0 saturated carbocycles. The molecule has 3 aromatic heterocycles. The van der Waals surface area contributed by atoms with Gasteiger partial charge in [0, 0.05) is 159 Å². The average Bonchev–Trinajstić information content (AvgIpc) is 1.62. The number of aliphatic hydroxyl groups excluding tert-OH is 1. The summed E-state index contributed by atoms with van der Waals surface area (Å²) in [7, 11) is 2.05. The first-order chi connectivity index (χ1) is 56.1. The van der Waals surface area contributed by atoms with Crippen LogP contribution in [0.25, 0.3) is 33.8 Å². The number of aryl methyl sites for hydroxylation is 3. The second-order valence-electron chi connectivity index (χ2n) is 28.8. The molecule has 0 spiro atoms. The van der Waals surface area contributed by atoms with E-state index < -0.39 is 22.6 Å². The molecule has 0 saturated heterocycles. The highest BCUT2D eigenvalue weighted by Crippen LogP contribution is 2.51. The van der Waals surface area contributed by atoms with Crippen molar-refractivity contribution in [2.45, 2.75) is 138 Å². The van der Waals surface area contributed by atoms with E-state index in [1.807, 2.05) is 127 Å². The SMILES string of the molecule is CC(=O)c1nc(-c2ccc(C[C@@H](CCO)CC(=O)c3ccc(OC(C)C)c(Cl)c3)cc2)cn1C.CC(=O)c1nc(-c2ccc(C[C@@H](CCOP(=O)(O)O)CC(=O)c3ccc(OC(C)C)c(Cl)c3)cc2)cn1C.COP(=O)(Cl)OC.COP(=O)(OC)OCC[C@@H](CC(=O)c1ccc(OC(C)C)c(Cl)c1)Cc1ccc(-c2cn(C)c(C(C)=O)n2)cc1. The molecule has 0 aliphatic carbocycles. The van der Waals surface area contributed by atoms with Gasteiger partial charge < -0.3 is 51.9 Å². The summed E-state index contributed by atoms with van der Waals surface area (Å²) in [5.41, 5.74) is 9.21. The molecule has 644 valence electrons. The van der Waals surface area contributed by atoms with E-state index >= 15 is 0 Å². The molecule has 9 rings (SSSR count). The Bertz CT molecular complexity index is 5030. The van der Waals surface area contributed by atoms with Crippen molar-refractivity contribution < 1.29 is 98.7 Å². The summed E-state index contributed by atoms with van der Waals surface area (Å²) < 4.78 is 83.9. The maximum atomic E-state index is 13.2. The van der Waals surface area contributed by atoms with Crippen molar-refractivity contribution in [2.75, 3.05) is 48.3 Å². The van der Waals surface area contributed by atoms with Crippen LogP contribution >= 0.6 is 68.6 Å². The van der Waals surface area contributed by atoms with Crippen LogP contribution in [0.1, 0.15) is 180 Å². The molecule has 0 unspecified atom stereocenters. The summed E-state index contributed by atoms with van der Waals surface area (Å²) in [6.07, 6.45) is 8.94. The first kappa shape index (κ1) is 99.7. The molecule has 9 aromatic rings. The molecule has 0 aliphatic rings. The topological polar surface area (TPSA) is 351 Å². The lowest BCUT2D eigenvalue weighted by atomic mass is 9.89. The minimum Gasteiger partial charge on any atom is -0.489 e. The number of carbonyl (C=O) groups excluding carboxylic acids is 6. The van der Waals surface area contributed by atoms with Crippen LogP contribution in [0.15, 0.2) is 146 Å². The van der Waals surface area contributed by atoms with E-state index in [0.29, 0.717) is 116 Å². The highest BCUT2D eigenvalue weighted by Gasteiger charge is 2.27. The predicted octanol–water partition coefficient (Wildman–Crippen LogP) is 19.8. The van der Waals surface area contributed by atoms with E-state index in [9.17, 15) is 47.6 Å². The fourth-order valence-electron chi connectivity index (χ4n) is 12.4. The summed E-state index contributed by atoms with van der Waals surface area (Å²) >= 11 is 24.0. The quantitative estimate of drug-likeness (QED) is 0.0237. The Kier molecular flexibility index (Phi) is 39.6. The van der Waals surface area contributed by atoms with Crippen molar-refractivity contribution in [1.82, 2.24) is 28.7 Å². The minimum absolute atomic E-state index is 0.00626. The number of aliphatic hydroxyl groups is 1. The molecule has 27 nitrogen and oxygen atoms in total. The molecule has 6 aromatic carbocycles. The lowest BCUT2D eigenvalue weighted by Gasteiger charge is -2.19. The Balaban J connectivity index is 0.000000266. The summed E-state index contributed by atoms with van der Waals surface area (Å²) in [6.45, 7) is 12.6. The standard InChI is InChI=1S/C29H36ClN2O7P.C27H32ClN2O7P.C27H31ClN2O4.C2H6ClO3P/c1-19(2)39-28-12-11-24(17-25(28)30)27(34)16-22(13-14-38-40(35,36-5)37-6)15-21-7-9-23(10-8-21)26-18-32(4)29(31-26)20(3)33;1-17(2)37-26-10-9-22(15-23(26)28)25(32)14-20(11-12-36-38(33,34)35)13-19-5-7-21(8-6-19)24-16-30(4)27(29-24)18(3)31;1-17(2)34-26-10-9-22(15-23(26)28)25(33)14-20(11-12-31)13-19-5-7-21(8-6-19)24-16-30(4)27(29-24)18(3)32;1-5-7(3,4)6-2/h7-12,17-19,22H,13-16H2,1-6H3;5-10,15-17,20H,11-14H2,1-4H3,(H2,33,34,35);5-10,15-17,20,31H,11-14H2,1-4H3;1-2H3/t22-;2*20-;/m111./s1. The predicted molar refractivity (Wildman–Crippen MR) is 460 cm³/mol. The summed E-state index contributed by atoms with van der Waals surface area (Å²) in [4.78, 5) is 106. The number of phosphoric ester groups is 2. The number of aromatic nitrogens is 6. The van der Waals surface area contributed by atoms with Crippen molar-refractivity contribution in [3.8, 4) is 51.0 Å². The molecule has 119 heavy (non-hydrogen) atoms. The fraction of sp³-hybridized carbons (Fsp3) is 0.400. The summed E-state index contributed by atoms with van der Waals surface area (Å²) in [6, 6.07) is 38.4. The smallest absolute Gasteiger partial charge is 0.474 e. The number of hydrogen-bond acceptors (Lipinski definition) is 22. The van der Waals surface area contributed by atoms with Crippen LogP contribution < -0.4 is 14.2 Å². The van der Waals surface area contributed by atoms with E-state index in [1.165, 1.54) is 49.2 Å². The van der Waals surface area contributed by atoms with Gasteiger partial charge in [0.25, 0.3) is 0 Å². The number of nitrogens with zero attached hydrogens (tertiary/aromatic N) is 6. The Morgan fingerprint density at radius 1 is 0.420 bits per heavy atom. The van der Waals surface area contributed by atoms with E-state index in [1.54, 1.807) is 95.6 Å². The third-order valence-electron chi connectivity index (χ3n) is 18.1. The number of rotatable bonds is 41. The van der Waals surface area contributed by atoms with Crippen molar-refractivity contribution in [1.29, 1.82) is 0 Å². The fourth-order valence-corrected chi connectivity index (χ4v) is 14.2. The molecule has 0 radical (unpaired) electrons. The molecule has 0 fully saturated rings. The zero-order chi connectivity index (χ0) is 88.2. The molecule has 0 aliphatic heterocycles. The van der Waals surface area contributed by atoms with Gasteiger partial charge in [0.1, 0.15) is 17.2 Å². The van der Waals surface area contributed by atoms with Crippen LogP contribution in [0.3, 0.4) is 0 Å². The van der Waals surface area contributed by atoms with Crippen molar-refractivity contribution in [3.05, 3.63) is 212 Å². The maximum Gasteiger partial charge on any atom is 0.474 e. The van der Waals surface area contributed by atoms with Crippen LogP contribution in [-0.4, -0.2) is 145 Å². The monoisotopic (exact) mass is 1780 g/mol. The largest absolute Gasteiger partial charge is 0.489 e. The van der Waals surface area contributed by atoms with Crippen molar-refractivity contribution in [3.63, 3.8) is 0 Å². The highest BCUT2D eigenvalue weighted by molar-refractivity contribution is 7.81. The minimum atomic E-state index is -4.62. The van der Waals surface area contributed by atoms with Gasteiger partial charge in [0.2, 0.25) is 0 Å². The van der Waals surface area contributed by atoms with E-state index in [0.717, 1.165) is 39.1 Å². The number of halogens is 4. The van der Waals surface area contributed by atoms with Gasteiger partial charge in [-0.2, -0.15) is 0 Å². The highest BCUT2D eigenvalue weighted by atomic mass is 35.7. The lowest BCUT2D eigenvalue weighted by molar-refractivity contribution is 0.0940. The Labute approximate surface area is 714 Å². The summed E-state index contributed by atoms with van der Waals surface area (Å²) in [5.74, 6) is 1.84. The van der Waals surface area contributed by atoms with Crippen molar-refractivity contribution >= 4 is 103 Å². The molecule has 0 amide bonds. The maximum absolute atomic E-state index is 13.2. The number of Topliss-reactive ketones (excluding diaryl/α,β-unsaturated/α-hetero) is 6. The van der Waals surface area contributed by atoms with Gasteiger partial charge >= 0.3 is 22.6 Å². The van der Waals surface area contributed by atoms with Crippen LogP contribution in [0.2, 0.25) is 15.1 Å². The molecule has 34 heteroatoms. The molecule has 0 bridgehead atoms. The van der Waals surface area contributed by atoms with Crippen LogP contribution in [0.4, 0.5) is 0 Å². The Morgan fingerprint density at radius 3 is 0.916 bits per heavy atom. The van der Waals surface area contributed by atoms with Gasteiger partial charge in [-0.05, 0) is 169 Å². The second-order valence-corrected chi connectivity index (χ2v) is 36.0. The van der Waals surface area contributed by atoms with Crippen molar-refractivity contribution in [2.24, 2.45) is 38.9 Å². The molecular formula is C85H105Cl4N6O21P3. The van der Waals surface area contributed by atoms with E-state index in [-0.39, 0.29) is 110 Å². The van der Waals surface area contributed by atoms with E-state index in [2.05, 4.69) is 28.5 Å². The first-order valence-electron chi connectivity index (χ1n) is 38.0. The van der Waals surface area contributed by atoms with E-state index in [4.69, 9.17) is 83.6 Å². The number of ketones is 6. The Hall–Kier alpha value is -8.14. The van der Waals surface area contributed by atoms with Gasteiger partial charge in [0.05, 0.1) is 63.7 Å². The number of imidazole rings is 3. The third kappa shape index (κ3) is 32.6. The molecule has 3 atom stereocenters. The van der Waals surface area contributed by atoms with Gasteiger partial charge in [-0.3, -0.25) is 46.9 Å². The third-order valence-corrected chi connectivity index (χ3v) is 22.6. The van der Waals surface area contributed by atoms with Gasteiger partial charge in [-0.1, -0.05) is 108 Å². The number of ether oxygens (including phenoxy) is 3. The second kappa shape index (κ2) is 47.3. The zero-order valence-corrected chi connectivity index (χ0v) is 75.2. The van der Waals surface area contributed by atoms with Crippen LogP contribution in [0, 0.1) is 17.8 Å². The normalized spacial score (nSPS) is 12.4. The molecule has 3 heterocycles. The molecule has 3 N–H and O–H groups in total. The average molecular weight is 1780 g/mol. The van der Waals surface area contributed by atoms with Gasteiger partial charge in [-0.25, -0.2) is 28.6 Å². The zero-order valence-electron chi connectivity index (χ0n) is 69.5. The van der Waals surface area contributed by atoms with Gasteiger partial charge in [-0.15, -0.1) is 0 Å². The number of benzene rings is 6. The number of hydrogen-bond donors (Lipinski definition) is 3. The van der Waals surface area contributed by atoms with Gasteiger partial charge in [0.15, 0.2) is 52.2 Å². The van der Waals surface area contributed by atoms with Crippen LogP contribution in [-0.2, 0) is 81.2 Å².